The third-order valence-corrected chi connectivity index (χ3v) is 5.09. The minimum absolute atomic E-state index is 0. The molecule has 1 aliphatic rings. The van der Waals surface area contributed by atoms with E-state index in [0.29, 0.717) is 19.6 Å². The second-order valence-corrected chi connectivity index (χ2v) is 6.97. The number of urea groups is 1. The molecule has 1 saturated heterocycles. The van der Waals surface area contributed by atoms with Crippen molar-refractivity contribution in [1.82, 2.24) is 15.5 Å². The van der Waals surface area contributed by atoms with Crippen molar-refractivity contribution < 1.29 is 14.0 Å². The van der Waals surface area contributed by atoms with Crippen molar-refractivity contribution in [1.29, 1.82) is 0 Å². The van der Waals surface area contributed by atoms with Crippen LogP contribution in [0.4, 0.5) is 9.18 Å². The molecule has 0 aromatic heterocycles. The lowest BCUT2D eigenvalue weighted by molar-refractivity contribution is -0.129. The number of hydrogen-bond acceptors (Lipinski definition) is 3. The Morgan fingerprint density at radius 3 is 2.38 bits per heavy atom. The van der Waals surface area contributed by atoms with Gasteiger partial charge in [-0.1, -0.05) is 42.5 Å². The number of nitrogens with two attached hydrogens (primary N) is 1. The van der Waals surface area contributed by atoms with Crippen molar-refractivity contribution in [3.05, 3.63) is 71.5 Å². The first-order valence-corrected chi connectivity index (χ1v) is 9.35. The van der Waals surface area contributed by atoms with Crippen LogP contribution in [0, 0.1) is 11.7 Å². The van der Waals surface area contributed by atoms with Gasteiger partial charge in [0.05, 0.1) is 6.54 Å². The number of hydrogen-bond donors (Lipinski definition) is 3. The topological polar surface area (TPSA) is 87.5 Å². The molecule has 0 unspecified atom stereocenters. The van der Waals surface area contributed by atoms with Crippen LogP contribution in [0.3, 0.4) is 0 Å². The SMILES string of the molecule is Cl.NC[C@@H]1CN(C(=O)CNC(=O)NCc2ccc(F)cc2)C[C@H]1c1ccccc1. The van der Waals surface area contributed by atoms with Gasteiger partial charge >= 0.3 is 6.03 Å². The molecule has 3 rings (SSSR count). The molecule has 0 bridgehead atoms. The van der Waals surface area contributed by atoms with E-state index < -0.39 is 6.03 Å². The van der Waals surface area contributed by atoms with Crippen LogP contribution in [-0.4, -0.2) is 43.0 Å². The Morgan fingerprint density at radius 1 is 1.03 bits per heavy atom. The fraction of sp³-hybridized carbons (Fsp3) is 0.333. The largest absolute Gasteiger partial charge is 0.340 e. The van der Waals surface area contributed by atoms with E-state index in [1.807, 2.05) is 18.2 Å². The molecule has 156 valence electrons. The molecule has 0 saturated carbocycles. The van der Waals surface area contributed by atoms with Gasteiger partial charge in [0.15, 0.2) is 0 Å². The lowest BCUT2D eigenvalue weighted by Crippen LogP contribution is -2.43. The van der Waals surface area contributed by atoms with E-state index in [1.165, 1.54) is 17.7 Å². The standard InChI is InChI=1S/C21H25FN4O2.ClH/c22-18-8-6-15(7-9-18)11-24-21(28)25-12-20(27)26-13-17(10-23)19(14-26)16-4-2-1-3-5-16;/h1-9,17,19H,10-14,23H2,(H2,24,25,28);1H/t17-,19+;/m1./s1. The molecule has 1 heterocycles. The summed E-state index contributed by atoms with van der Waals surface area (Å²) in [6.45, 7) is 1.88. The number of carbonyl (C=O) groups excluding carboxylic acids is 2. The van der Waals surface area contributed by atoms with E-state index in [1.54, 1.807) is 17.0 Å². The van der Waals surface area contributed by atoms with Gasteiger partial charge in [0.2, 0.25) is 5.91 Å². The molecule has 0 spiro atoms. The van der Waals surface area contributed by atoms with Gasteiger partial charge in [0.1, 0.15) is 5.82 Å². The van der Waals surface area contributed by atoms with E-state index in [9.17, 15) is 14.0 Å². The number of likely N-dealkylation sites (tertiary alicyclic amines) is 1. The molecular formula is C21H26ClFN4O2. The van der Waals surface area contributed by atoms with E-state index in [-0.39, 0.29) is 49.1 Å². The highest BCUT2D eigenvalue weighted by Crippen LogP contribution is 2.31. The molecular weight excluding hydrogens is 395 g/mol. The van der Waals surface area contributed by atoms with Gasteiger partial charge in [-0.05, 0) is 35.7 Å². The Balaban J connectivity index is 0.00000300. The molecule has 2 aromatic rings. The Hall–Kier alpha value is -2.64. The lowest BCUT2D eigenvalue weighted by atomic mass is 9.89. The molecule has 0 radical (unpaired) electrons. The van der Waals surface area contributed by atoms with Crippen LogP contribution in [-0.2, 0) is 11.3 Å². The summed E-state index contributed by atoms with van der Waals surface area (Å²) in [4.78, 5) is 26.2. The first-order chi connectivity index (χ1) is 13.6. The van der Waals surface area contributed by atoms with Crippen LogP contribution in [0.15, 0.2) is 54.6 Å². The summed E-state index contributed by atoms with van der Waals surface area (Å²) in [6.07, 6.45) is 0. The van der Waals surface area contributed by atoms with Crippen LogP contribution >= 0.6 is 12.4 Å². The summed E-state index contributed by atoms with van der Waals surface area (Å²) in [5.41, 5.74) is 7.86. The average Bonchev–Trinajstić information content (AvgIpc) is 3.17. The molecule has 0 aliphatic carbocycles. The maximum Gasteiger partial charge on any atom is 0.315 e. The molecule has 3 amide bonds. The summed E-state index contributed by atoms with van der Waals surface area (Å²) >= 11 is 0. The van der Waals surface area contributed by atoms with E-state index in [4.69, 9.17) is 5.73 Å². The van der Waals surface area contributed by atoms with Gasteiger partial charge in [-0.25, -0.2) is 9.18 Å². The van der Waals surface area contributed by atoms with Crippen molar-refractivity contribution in [2.24, 2.45) is 11.7 Å². The maximum atomic E-state index is 12.9. The molecule has 1 fully saturated rings. The molecule has 4 N–H and O–H groups in total. The third-order valence-electron chi connectivity index (χ3n) is 5.09. The maximum absolute atomic E-state index is 12.9. The Bertz CT molecular complexity index is 804. The highest BCUT2D eigenvalue weighted by atomic mass is 35.5. The van der Waals surface area contributed by atoms with E-state index in [0.717, 1.165) is 5.56 Å². The zero-order valence-corrected chi connectivity index (χ0v) is 16.8. The summed E-state index contributed by atoms with van der Waals surface area (Å²) in [6, 6.07) is 15.5. The van der Waals surface area contributed by atoms with E-state index >= 15 is 0 Å². The molecule has 6 nitrogen and oxygen atoms in total. The number of nitrogens with zero attached hydrogens (tertiary/aromatic N) is 1. The average molecular weight is 421 g/mol. The van der Waals surface area contributed by atoms with Crippen LogP contribution in [0.5, 0.6) is 0 Å². The fourth-order valence-corrected chi connectivity index (χ4v) is 3.51. The van der Waals surface area contributed by atoms with Crippen LogP contribution in [0.1, 0.15) is 17.0 Å². The number of amides is 3. The summed E-state index contributed by atoms with van der Waals surface area (Å²) < 4.78 is 12.9. The van der Waals surface area contributed by atoms with E-state index in [2.05, 4.69) is 22.8 Å². The Morgan fingerprint density at radius 2 is 1.72 bits per heavy atom. The third kappa shape index (κ3) is 6.17. The van der Waals surface area contributed by atoms with Gasteiger partial charge in [-0.3, -0.25) is 4.79 Å². The minimum Gasteiger partial charge on any atom is -0.340 e. The monoisotopic (exact) mass is 420 g/mol. The van der Waals surface area contributed by atoms with Crippen LogP contribution < -0.4 is 16.4 Å². The van der Waals surface area contributed by atoms with Crippen molar-refractivity contribution >= 4 is 24.3 Å². The fourth-order valence-electron chi connectivity index (χ4n) is 3.51. The second kappa shape index (κ2) is 10.8. The number of halogens is 2. The van der Waals surface area contributed by atoms with Crippen molar-refractivity contribution in [3.8, 4) is 0 Å². The second-order valence-electron chi connectivity index (χ2n) is 6.97. The lowest BCUT2D eigenvalue weighted by Gasteiger charge is -2.17. The Kier molecular flexibility index (Phi) is 8.42. The first kappa shape index (κ1) is 22.6. The summed E-state index contributed by atoms with van der Waals surface area (Å²) in [5.74, 6) is -0.0380. The molecule has 8 heteroatoms. The zero-order valence-electron chi connectivity index (χ0n) is 16.0. The van der Waals surface area contributed by atoms with Gasteiger partial charge in [0, 0.05) is 25.6 Å². The number of benzene rings is 2. The number of nitrogens with one attached hydrogen (secondary N) is 2. The van der Waals surface area contributed by atoms with Crippen molar-refractivity contribution in [2.75, 3.05) is 26.2 Å². The molecule has 29 heavy (non-hydrogen) atoms. The normalized spacial score (nSPS) is 18.1. The molecule has 1 aliphatic heterocycles. The van der Waals surface area contributed by atoms with Crippen LogP contribution in [0.25, 0.3) is 0 Å². The highest BCUT2D eigenvalue weighted by Gasteiger charge is 2.35. The number of carbonyl (C=O) groups is 2. The van der Waals surface area contributed by atoms with Crippen molar-refractivity contribution in [2.45, 2.75) is 12.5 Å². The summed E-state index contributed by atoms with van der Waals surface area (Å²) in [7, 11) is 0. The minimum atomic E-state index is -0.438. The van der Waals surface area contributed by atoms with Gasteiger partial charge in [-0.2, -0.15) is 0 Å². The van der Waals surface area contributed by atoms with Crippen LogP contribution in [0.2, 0.25) is 0 Å². The first-order valence-electron chi connectivity index (χ1n) is 9.35. The molecule has 2 atom stereocenters. The zero-order chi connectivity index (χ0) is 19.9. The van der Waals surface area contributed by atoms with Gasteiger partial charge < -0.3 is 21.3 Å². The molecule has 2 aromatic carbocycles. The smallest absolute Gasteiger partial charge is 0.315 e. The quantitative estimate of drug-likeness (QED) is 0.669. The highest BCUT2D eigenvalue weighted by molar-refractivity contribution is 5.85. The predicted molar refractivity (Wildman–Crippen MR) is 112 cm³/mol. The van der Waals surface area contributed by atoms with Gasteiger partial charge in [0.25, 0.3) is 0 Å². The van der Waals surface area contributed by atoms with Gasteiger partial charge in [-0.15, -0.1) is 12.4 Å². The summed E-state index contributed by atoms with van der Waals surface area (Å²) in [5, 5.41) is 5.24. The Labute approximate surface area is 176 Å². The van der Waals surface area contributed by atoms with Crippen molar-refractivity contribution in [3.63, 3.8) is 0 Å². The number of rotatable bonds is 6. The predicted octanol–water partition coefficient (Wildman–Crippen LogP) is 2.25.